The third-order valence-corrected chi connectivity index (χ3v) is 3.03. The van der Waals surface area contributed by atoms with E-state index in [9.17, 15) is 5.11 Å². The van der Waals surface area contributed by atoms with Crippen molar-refractivity contribution in [3.63, 3.8) is 0 Å². The van der Waals surface area contributed by atoms with Gasteiger partial charge in [0.15, 0.2) is 0 Å². The summed E-state index contributed by atoms with van der Waals surface area (Å²) in [6.07, 6.45) is 3.51. The summed E-state index contributed by atoms with van der Waals surface area (Å²) >= 11 is 0. The van der Waals surface area contributed by atoms with Gasteiger partial charge in [-0.05, 0) is 43.0 Å². The van der Waals surface area contributed by atoms with E-state index < -0.39 is 0 Å². The summed E-state index contributed by atoms with van der Waals surface area (Å²) in [7, 11) is 0. The van der Waals surface area contributed by atoms with E-state index in [2.05, 4.69) is 17.4 Å². The average molecular weight is 203 g/mol. The van der Waals surface area contributed by atoms with Gasteiger partial charge in [0.2, 0.25) is 0 Å². The number of piperidine rings is 1. The number of hydrogen-bond acceptors (Lipinski definition) is 2. The number of nitrogens with one attached hydrogen (secondary N) is 1. The molecule has 2 heteroatoms. The zero-order valence-electron chi connectivity index (χ0n) is 8.82. The van der Waals surface area contributed by atoms with Crippen molar-refractivity contribution in [2.24, 2.45) is 5.92 Å². The number of aliphatic hydroxyl groups is 1. The zero-order valence-corrected chi connectivity index (χ0v) is 8.82. The van der Waals surface area contributed by atoms with Crippen LogP contribution in [0, 0.1) is 5.92 Å². The molecule has 1 saturated heterocycles. The number of rotatable bonds is 2. The first-order valence-electron chi connectivity index (χ1n) is 5.52. The van der Waals surface area contributed by atoms with Gasteiger partial charge in [-0.2, -0.15) is 0 Å². The summed E-state index contributed by atoms with van der Waals surface area (Å²) in [4.78, 5) is 0. The van der Waals surface area contributed by atoms with Crippen LogP contribution in [-0.4, -0.2) is 18.2 Å². The minimum absolute atomic E-state index is 0.499. The molecule has 0 unspecified atom stereocenters. The van der Waals surface area contributed by atoms with Crippen LogP contribution >= 0.6 is 0 Å². The molecule has 2 nitrogen and oxygen atoms in total. The van der Waals surface area contributed by atoms with Crippen LogP contribution < -0.4 is 5.32 Å². The molecule has 2 rings (SSSR count). The second-order valence-corrected chi connectivity index (χ2v) is 3.97. The smallest absolute Gasteiger partial charge is 0.0832 e. The molecule has 15 heavy (non-hydrogen) atoms. The molecular weight excluding hydrogens is 186 g/mol. The fourth-order valence-electron chi connectivity index (χ4n) is 2.18. The summed E-state index contributed by atoms with van der Waals surface area (Å²) in [5.41, 5.74) is 2.23. The molecule has 80 valence electrons. The molecule has 1 heterocycles. The molecule has 1 aromatic carbocycles. The number of aliphatic hydroxyl groups excluding tert-OH is 1. The number of benzene rings is 1. The summed E-state index contributed by atoms with van der Waals surface area (Å²) in [6.45, 7) is 2.10. The first-order valence-corrected chi connectivity index (χ1v) is 5.52. The third-order valence-electron chi connectivity index (χ3n) is 3.03. The van der Waals surface area contributed by atoms with Crippen molar-refractivity contribution in [3.8, 4) is 0 Å². The number of allylic oxidation sites excluding steroid dienone is 1. The Morgan fingerprint density at radius 3 is 2.47 bits per heavy atom. The summed E-state index contributed by atoms with van der Waals surface area (Å²) < 4.78 is 0. The Kier molecular flexibility index (Phi) is 3.41. The van der Waals surface area contributed by atoms with Crippen molar-refractivity contribution in [3.05, 3.63) is 42.2 Å². The molecule has 0 bridgehead atoms. The molecule has 1 aromatic rings. The largest absolute Gasteiger partial charge is 0.515 e. The maximum atomic E-state index is 9.35. The predicted molar refractivity (Wildman–Crippen MR) is 62.6 cm³/mol. The lowest BCUT2D eigenvalue weighted by Crippen LogP contribution is -2.28. The van der Waals surface area contributed by atoms with Crippen LogP contribution in [0.25, 0.3) is 5.57 Å². The highest BCUT2D eigenvalue weighted by atomic mass is 16.2. The van der Waals surface area contributed by atoms with Gasteiger partial charge in [-0.3, -0.25) is 0 Å². The van der Waals surface area contributed by atoms with Gasteiger partial charge >= 0.3 is 0 Å². The molecule has 0 atom stereocenters. The first kappa shape index (κ1) is 10.2. The third kappa shape index (κ3) is 2.39. The Morgan fingerprint density at radius 1 is 1.20 bits per heavy atom. The topological polar surface area (TPSA) is 32.3 Å². The van der Waals surface area contributed by atoms with Gasteiger partial charge in [0, 0.05) is 0 Å². The van der Waals surface area contributed by atoms with Crippen molar-refractivity contribution in [1.82, 2.24) is 5.32 Å². The maximum Gasteiger partial charge on any atom is 0.0832 e. The van der Waals surface area contributed by atoms with Crippen molar-refractivity contribution >= 4 is 5.57 Å². The molecule has 0 amide bonds. The lowest BCUT2D eigenvalue weighted by Gasteiger charge is -2.24. The fourth-order valence-corrected chi connectivity index (χ4v) is 2.18. The normalized spacial score (nSPS) is 19.1. The Morgan fingerprint density at radius 2 is 1.87 bits per heavy atom. The zero-order chi connectivity index (χ0) is 10.5. The molecule has 1 aliphatic heterocycles. The maximum absolute atomic E-state index is 9.35. The van der Waals surface area contributed by atoms with Crippen LogP contribution in [-0.2, 0) is 0 Å². The standard InChI is InChI=1S/C13H17NO/c15-10-13(11-4-2-1-3-5-11)12-6-8-14-9-7-12/h1-5,10,12,14-15H,6-9H2. The van der Waals surface area contributed by atoms with Crippen LogP contribution in [0.4, 0.5) is 0 Å². The lowest BCUT2D eigenvalue weighted by molar-refractivity contribution is 0.427. The Bertz CT molecular complexity index is 326. The van der Waals surface area contributed by atoms with E-state index in [1.807, 2.05) is 18.2 Å². The van der Waals surface area contributed by atoms with Crippen LogP contribution in [0.2, 0.25) is 0 Å². The van der Waals surface area contributed by atoms with E-state index in [-0.39, 0.29) is 0 Å². The van der Waals surface area contributed by atoms with Crippen LogP contribution in [0.15, 0.2) is 36.6 Å². The fraction of sp³-hybridized carbons (Fsp3) is 0.385. The van der Waals surface area contributed by atoms with E-state index in [1.54, 1.807) is 0 Å². The van der Waals surface area contributed by atoms with Gasteiger partial charge in [-0.25, -0.2) is 0 Å². The van der Waals surface area contributed by atoms with Crippen LogP contribution in [0.5, 0.6) is 0 Å². The van der Waals surface area contributed by atoms with Gasteiger partial charge < -0.3 is 10.4 Å². The van der Waals surface area contributed by atoms with Crippen molar-refractivity contribution < 1.29 is 5.11 Å². The highest BCUT2D eigenvalue weighted by Crippen LogP contribution is 2.29. The monoisotopic (exact) mass is 203 g/mol. The Labute approximate surface area is 90.6 Å². The van der Waals surface area contributed by atoms with Gasteiger partial charge in [0.05, 0.1) is 6.26 Å². The van der Waals surface area contributed by atoms with Crippen molar-refractivity contribution in [1.29, 1.82) is 0 Å². The minimum atomic E-state index is 0.499. The molecular formula is C13H17NO. The lowest BCUT2D eigenvalue weighted by atomic mass is 9.86. The molecule has 0 aromatic heterocycles. The predicted octanol–water partition coefficient (Wildman–Crippen LogP) is 2.59. The highest BCUT2D eigenvalue weighted by molar-refractivity contribution is 5.66. The number of hydrogen-bond donors (Lipinski definition) is 2. The Balaban J connectivity index is 2.17. The van der Waals surface area contributed by atoms with Crippen LogP contribution in [0.3, 0.4) is 0 Å². The highest BCUT2D eigenvalue weighted by Gasteiger charge is 2.18. The minimum Gasteiger partial charge on any atom is -0.515 e. The summed E-state index contributed by atoms with van der Waals surface area (Å²) in [5.74, 6) is 0.499. The van der Waals surface area contributed by atoms with Crippen molar-refractivity contribution in [2.45, 2.75) is 12.8 Å². The van der Waals surface area contributed by atoms with Gasteiger partial charge in [0.25, 0.3) is 0 Å². The summed E-state index contributed by atoms with van der Waals surface area (Å²) in [6, 6.07) is 10.1. The van der Waals surface area contributed by atoms with Gasteiger partial charge in [0.1, 0.15) is 0 Å². The molecule has 1 aliphatic rings. The summed E-state index contributed by atoms with van der Waals surface area (Å²) in [5, 5.41) is 12.7. The second kappa shape index (κ2) is 4.99. The molecule has 0 saturated carbocycles. The van der Waals surface area contributed by atoms with E-state index in [0.717, 1.165) is 37.1 Å². The van der Waals surface area contributed by atoms with E-state index in [4.69, 9.17) is 0 Å². The van der Waals surface area contributed by atoms with Gasteiger partial charge in [-0.15, -0.1) is 0 Å². The molecule has 0 spiro atoms. The molecule has 2 N–H and O–H groups in total. The van der Waals surface area contributed by atoms with E-state index >= 15 is 0 Å². The molecule has 0 radical (unpaired) electrons. The van der Waals surface area contributed by atoms with E-state index in [0.29, 0.717) is 5.92 Å². The molecule has 0 aliphatic carbocycles. The first-order chi connectivity index (χ1) is 7.42. The van der Waals surface area contributed by atoms with Crippen molar-refractivity contribution in [2.75, 3.05) is 13.1 Å². The Hall–Kier alpha value is -1.28. The SMILES string of the molecule is OC=C(c1ccccc1)C1CCNCC1. The quantitative estimate of drug-likeness (QED) is 0.724. The second-order valence-electron chi connectivity index (χ2n) is 3.97. The van der Waals surface area contributed by atoms with Gasteiger partial charge in [-0.1, -0.05) is 30.3 Å². The van der Waals surface area contributed by atoms with Crippen LogP contribution in [0.1, 0.15) is 18.4 Å². The average Bonchev–Trinajstić information content (AvgIpc) is 2.33. The molecule has 1 fully saturated rings. The van der Waals surface area contributed by atoms with E-state index in [1.165, 1.54) is 6.26 Å².